The topological polar surface area (TPSA) is 29.1 Å². The molecule has 1 N–H and O–H groups in total. The second kappa shape index (κ2) is 2.91. The third kappa shape index (κ3) is 1.71. The van der Waals surface area contributed by atoms with Gasteiger partial charge in [-0.05, 0) is 26.2 Å². The normalized spacial score (nSPS) is 40.7. The zero-order valence-corrected chi connectivity index (χ0v) is 9.28. The quantitative estimate of drug-likeness (QED) is 0.732. The Bertz CT molecular complexity index is 239. The van der Waals surface area contributed by atoms with E-state index < -0.39 is 0 Å². The summed E-state index contributed by atoms with van der Waals surface area (Å²) in [7, 11) is 0. The molecular weight excluding hydrogens is 182 g/mol. The van der Waals surface area contributed by atoms with Gasteiger partial charge in [0.2, 0.25) is 5.91 Å². The van der Waals surface area contributed by atoms with Crippen LogP contribution in [0.1, 0.15) is 27.2 Å². The van der Waals surface area contributed by atoms with E-state index in [9.17, 15) is 4.79 Å². The molecule has 3 atom stereocenters. The number of amides is 1. The number of carbonyl (C=O) groups excluding carboxylic acids is 1. The minimum absolute atomic E-state index is 0.258. The summed E-state index contributed by atoms with van der Waals surface area (Å²) in [4.78, 5) is 11.6. The molecule has 2 fully saturated rings. The van der Waals surface area contributed by atoms with Gasteiger partial charge in [0.1, 0.15) is 0 Å². The zero-order valence-electron chi connectivity index (χ0n) is 8.46. The lowest BCUT2D eigenvalue weighted by atomic mass is 10.0. The molecule has 2 aliphatic rings. The van der Waals surface area contributed by atoms with Crippen molar-refractivity contribution in [2.45, 2.75) is 38.0 Å². The Morgan fingerprint density at radius 3 is 2.46 bits per heavy atom. The van der Waals surface area contributed by atoms with Crippen LogP contribution in [0, 0.1) is 11.8 Å². The van der Waals surface area contributed by atoms with Crippen molar-refractivity contribution in [1.29, 1.82) is 0 Å². The highest BCUT2D eigenvalue weighted by molar-refractivity contribution is 8.02. The minimum Gasteiger partial charge on any atom is -0.351 e. The summed E-state index contributed by atoms with van der Waals surface area (Å²) in [6.45, 7) is 6.54. The lowest BCUT2D eigenvalue weighted by Gasteiger charge is -2.44. The highest BCUT2D eigenvalue weighted by Crippen LogP contribution is 2.42. The fourth-order valence-electron chi connectivity index (χ4n) is 1.68. The third-order valence-corrected chi connectivity index (χ3v) is 4.75. The second-order valence-electron chi connectivity index (χ2n) is 4.80. The maximum atomic E-state index is 11.6. The summed E-state index contributed by atoms with van der Waals surface area (Å²) in [5, 5.41) is 3.14. The van der Waals surface area contributed by atoms with Gasteiger partial charge >= 0.3 is 0 Å². The van der Waals surface area contributed by atoms with E-state index >= 15 is 0 Å². The lowest BCUT2D eigenvalue weighted by Crippen LogP contribution is -2.56. The maximum Gasteiger partial charge on any atom is 0.223 e. The predicted octanol–water partition coefficient (Wildman–Crippen LogP) is 1.65. The Hall–Kier alpha value is -0.180. The van der Waals surface area contributed by atoms with E-state index in [1.54, 1.807) is 0 Å². The molecule has 0 radical (unpaired) electrons. The van der Waals surface area contributed by atoms with Gasteiger partial charge in [-0.3, -0.25) is 4.79 Å². The van der Waals surface area contributed by atoms with Gasteiger partial charge in [-0.1, -0.05) is 6.92 Å². The molecule has 1 aliphatic carbocycles. The first-order chi connectivity index (χ1) is 6.00. The van der Waals surface area contributed by atoms with E-state index in [2.05, 4.69) is 26.1 Å². The standard InChI is InChI=1S/C10H17NOS/c1-6-4-7(6)9(12)11-8-5-13-10(8,2)3/h6-8H,4-5H2,1-3H3,(H,11,12)/t6-,7-,8?/m0/s1. The highest BCUT2D eigenvalue weighted by Gasteiger charge is 2.45. The van der Waals surface area contributed by atoms with Gasteiger partial charge < -0.3 is 5.32 Å². The van der Waals surface area contributed by atoms with E-state index in [1.165, 1.54) is 0 Å². The van der Waals surface area contributed by atoms with Gasteiger partial charge in [-0.25, -0.2) is 0 Å². The summed E-state index contributed by atoms with van der Waals surface area (Å²) in [6.07, 6.45) is 1.09. The fourth-order valence-corrected chi connectivity index (χ4v) is 2.82. The molecule has 2 rings (SSSR count). The molecule has 0 spiro atoms. The van der Waals surface area contributed by atoms with E-state index in [4.69, 9.17) is 0 Å². The molecular formula is C10H17NOS. The van der Waals surface area contributed by atoms with E-state index in [0.717, 1.165) is 12.2 Å². The fraction of sp³-hybridized carbons (Fsp3) is 0.900. The van der Waals surface area contributed by atoms with Gasteiger partial charge in [0, 0.05) is 16.4 Å². The van der Waals surface area contributed by atoms with Crippen molar-refractivity contribution in [3.63, 3.8) is 0 Å². The molecule has 74 valence electrons. The molecule has 2 nitrogen and oxygen atoms in total. The Balaban J connectivity index is 1.82. The molecule has 1 aliphatic heterocycles. The first kappa shape index (κ1) is 9.38. The second-order valence-corrected chi connectivity index (χ2v) is 6.47. The molecule has 0 aromatic heterocycles. The number of rotatable bonds is 2. The molecule has 1 saturated carbocycles. The number of nitrogens with one attached hydrogen (secondary N) is 1. The van der Waals surface area contributed by atoms with Gasteiger partial charge in [0.25, 0.3) is 0 Å². The van der Waals surface area contributed by atoms with Crippen molar-refractivity contribution in [3.8, 4) is 0 Å². The van der Waals surface area contributed by atoms with Crippen molar-refractivity contribution in [2.24, 2.45) is 11.8 Å². The molecule has 0 aromatic carbocycles. The van der Waals surface area contributed by atoms with Crippen molar-refractivity contribution in [1.82, 2.24) is 5.32 Å². The molecule has 1 unspecified atom stereocenters. The number of thioether (sulfide) groups is 1. The molecule has 1 heterocycles. The Morgan fingerprint density at radius 1 is 1.54 bits per heavy atom. The van der Waals surface area contributed by atoms with Gasteiger partial charge in [-0.15, -0.1) is 0 Å². The largest absolute Gasteiger partial charge is 0.351 e. The average molecular weight is 199 g/mol. The number of carbonyl (C=O) groups is 1. The number of hydrogen-bond donors (Lipinski definition) is 1. The molecule has 0 bridgehead atoms. The summed E-state index contributed by atoms with van der Waals surface area (Å²) in [5.74, 6) is 2.31. The first-order valence-corrected chi connectivity index (χ1v) is 5.93. The molecule has 3 heteroatoms. The van der Waals surface area contributed by atoms with Crippen molar-refractivity contribution in [3.05, 3.63) is 0 Å². The van der Waals surface area contributed by atoms with Crippen LogP contribution in [0.3, 0.4) is 0 Å². The molecule has 0 aromatic rings. The van der Waals surface area contributed by atoms with Crippen LogP contribution in [0.5, 0.6) is 0 Å². The molecule has 1 amide bonds. The van der Waals surface area contributed by atoms with Crippen LogP contribution in [-0.4, -0.2) is 22.4 Å². The Morgan fingerprint density at radius 2 is 2.15 bits per heavy atom. The van der Waals surface area contributed by atoms with Crippen LogP contribution in [0.2, 0.25) is 0 Å². The summed E-state index contributed by atoms with van der Waals surface area (Å²) >= 11 is 1.93. The van der Waals surface area contributed by atoms with Crippen molar-refractivity contribution in [2.75, 3.05) is 5.75 Å². The first-order valence-electron chi connectivity index (χ1n) is 4.95. The number of hydrogen-bond acceptors (Lipinski definition) is 2. The SMILES string of the molecule is C[C@H]1C[C@@H]1C(=O)NC1CSC1(C)C. The minimum atomic E-state index is 0.258. The van der Waals surface area contributed by atoms with Gasteiger partial charge in [0.15, 0.2) is 0 Å². The monoisotopic (exact) mass is 199 g/mol. The lowest BCUT2D eigenvalue weighted by molar-refractivity contribution is -0.123. The van der Waals surface area contributed by atoms with Crippen LogP contribution < -0.4 is 5.32 Å². The van der Waals surface area contributed by atoms with Crippen LogP contribution >= 0.6 is 11.8 Å². The zero-order chi connectivity index (χ0) is 9.64. The van der Waals surface area contributed by atoms with Crippen LogP contribution in [-0.2, 0) is 4.79 Å². The summed E-state index contributed by atoms with van der Waals surface area (Å²) in [5.41, 5.74) is 0. The highest BCUT2D eigenvalue weighted by atomic mass is 32.2. The average Bonchev–Trinajstić information content (AvgIpc) is 2.76. The summed E-state index contributed by atoms with van der Waals surface area (Å²) < 4.78 is 0.258. The van der Waals surface area contributed by atoms with E-state index in [1.807, 2.05) is 11.8 Å². The Kier molecular flexibility index (Phi) is 2.10. The summed E-state index contributed by atoms with van der Waals surface area (Å²) in [6, 6.07) is 0.401. The van der Waals surface area contributed by atoms with Gasteiger partial charge in [0.05, 0.1) is 6.04 Å². The van der Waals surface area contributed by atoms with Gasteiger partial charge in [-0.2, -0.15) is 11.8 Å². The third-order valence-electron chi connectivity index (χ3n) is 3.22. The van der Waals surface area contributed by atoms with E-state index in [0.29, 0.717) is 17.9 Å². The van der Waals surface area contributed by atoms with Crippen LogP contribution in [0.25, 0.3) is 0 Å². The predicted molar refractivity (Wildman–Crippen MR) is 55.7 cm³/mol. The van der Waals surface area contributed by atoms with E-state index in [-0.39, 0.29) is 10.7 Å². The smallest absolute Gasteiger partial charge is 0.223 e. The van der Waals surface area contributed by atoms with Crippen molar-refractivity contribution >= 4 is 17.7 Å². The van der Waals surface area contributed by atoms with Crippen LogP contribution in [0.15, 0.2) is 0 Å². The maximum absolute atomic E-state index is 11.6. The Labute approximate surface area is 83.8 Å². The van der Waals surface area contributed by atoms with Crippen molar-refractivity contribution < 1.29 is 4.79 Å². The molecule has 13 heavy (non-hydrogen) atoms. The molecule has 1 saturated heterocycles. The van der Waals surface area contributed by atoms with Crippen LogP contribution in [0.4, 0.5) is 0 Å².